The van der Waals surface area contributed by atoms with Gasteiger partial charge >= 0.3 is 0 Å². The number of carbonyl (C=O) groups is 1. The number of thiazole rings is 1. The van der Waals surface area contributed by atoms with Crippen LogP contribution in [0.3, 0.4) is 0 Å². The van der Waals surface area contributed by atoms with Gasteiger partial charge < -0.3 is 9.80 Å². The summed E-state index contributed by atoms with van der Waals surface area (Å²) in [4.78, 5) is 25.4. The van der Waals surface area contributed by atoms with Gasteiger partial charge in [0.05, 0.1) is 5.56 Å². The van der Waals surface area contributed by atoms with Crippen molar-refractivity contribution in [3.05, 3.63) is 120 Å². The number of hydrogen-bond acceptors (Lipinski definition) is 4. The van der Waals surface area contributed by atoms with Gasteiger partial charge in [-0.2, -0.15) is 9.56 Å². The van der Waals surface area contributed by atoms with Crippen molar-refractivity contribution in [2.75, 3.05) is 18.5 Å². The van der Waals surface area contributed by atoms with Crippen molar-refractivity contribution in [2.45, 2.75) is 32.7 Å². The number of amides is 1. The standard InChI is InChI=1S/C36H36N5OS/c1-5-34(42)38-35-30-12-7-6-11-28(30)24-41-23-26(14-20-33(41)37-35)10-8-9-21-39(3)29-17-15-27(16-18-29)36-40(4)31-19-13-25(2)22-32(31)43-36/h5-7,11-20,22-23H,1,8-10,21,24H2,2-4H3/q+1/b38-35-. The Morgan fingerprint density at radius 2 is 1.93 bits per heavy atom. The van der Waals surface area contributed by atoms with Crippen molar-refractivity contribution in [3.8, 4) is 10.6 Å². The summed E-state index contributed by atoms with van der Waals surface area (Å²) in [5, 5.41) is 1.28. The second kappa shape index (κ2) is 12.3. The smallest absolute Gasteiger partial charge is 0.271 e. The first-order chi connectivity index (χ1) is 20.9. The highest BCUT2D eigenvalue weighted by molar-refractivity contribution is 7.21. The molecule has 7 heteroatoms. The summed E-state index contributed by atoms with van der Waals surface area (Å²) in [6, 6.07) is 23.6. The Kier molecular flexibility index (Phi) is 8.16. The van der Waals surface area contributed by atoms with Crippen molar-refractivity contribution in [2.24, 2.45) is 17.0 Å². The van der Waals surface area contributed by atoms with Crippen molar-refractivity contribution in [3.63, 3.8) is 0 Å². The van der Waals surface area contributed by atoms with E-state index >= 15 is 0 Å². The van der Waals surface area contributed by atoms with E-state index in [1.54, 1.807) is 0 Å². The molecule has 0 aliphatic carbocycles. The summed E-state index contributed by atoms with van der Waals surface area (Å²) in [5.74, 6) is 0.835. The van der Waals surface area contributed by atoms with E-state index in [1.807, 2.05) is 35.6 Å². The van der Waals surface area contributed by atoms with Crippen LogP contribution in [0.4, 0.5) is 5.69 Å². The topological polar surface area (TPSA) is 52.2 Å². The van der Waals surface area contributed by atoms with Crippen LogP contribution in [0.1, 0.15) is 36.0 Å². The maximum Gasteiger partial charge on any atom is 0.271 e. The van der Waals surface area contributed by atoms with E-state index in [0.717, 1.165) is 42.8 Å². The van der Waals surface area contributed by atoms with Crippen LogP contribution >= 0.6 is 11.3 Å². The minimum atomic E-state index is -0.389. The first-order valence-electron chi connectivity index (χ1n) is 14.7. The highest BCUT2D eigenvalue weighted by Crippen LogP contribution is 2.30. The predicted molar refractivity (Wildman–Crippen MR) is 179 cm³/mol. The molecule has 0 spiro atoms. The second-order valence-corrected chi connectivity index (χ2v) is 12.2. The summed E-state index contributed by atoms with van der Waals surface area (Å²) in [5.41, 5.74) is 8.30. The Bertz CT molecular complexity index is 1830. The van der Waals surface area contributed by atoms with Gasteiger partial charge in [-0.25, -0.2) is 4.99 Å². The highest BCUT2D eigenvalue weighted by atomic mass is 32.1. The van der Waals surface area contributed by atoms with Crippen molar-refractivity contribution in [1.82, 2.24) is 4.90 Å². The lowest BCUT2D eigenvalue weighted by Gasteiger charge is -2.24. The van der Waals surface area contributed by atoms with E-state index < -0.39 is 0 Å². The lowest BCUT2D eigenvalue weighted by molar-refractivity contribution is -0.629. The molecule has 4 aromatic rings. The zero-order valence-electron chi connectivity index (χ0n) is 25.0. The fraction of sp³-hybridized carbons (Fsp3) is 0.222. The van der Waals surface area contributed by atoms with Gasteiger partial charge in [-0.3, -0.25) is 4.79 Å². The third-order valence-electron chi connectivity index (χ3n) is 8.02. The molecule has 0 saturated carbocycles. The molecule has 216 valence electrons. The third-order valence-corrected chi connectivity index (χ3v) is 9.27. The second-order valence-electron chi connectivity index (χ2n) is 11.1. The number of aromatic nitrogens is 1. The number of carbonyl (C=O) groups excluding carboxylic acids is 1. The van der Waals surface area contributed by atoms with Gasteiger partial charge in [0, 0.05) is 43.7 Å². The van der Waals surface area contributed by atoms with E-state index in [1.165, 1.54) is 43.7 Å². The van der Waals surface area contributed by atoms with Crippen LogP contribution in [0.15, 0.2) is 113 Å². The highest BCUT2D eigenvalue weighted by Gasteiger charge is 2.22. The minimum absolute atomic E-state index is 0.389. The van der Waals surface area contributed by atoms with Gasteiger partial charge in [0.15, 0.2) is 5.84 Å². The lowest BCUT2D eigenvalue weighted by Crippen LogP contribution is -2.28. The average molecular weight is 587 g/mol. The molecular formula is C36H36N5OS+. The van der Waals surface area contributed by atoms with Gasteiger partial charge in [0.25, 0.3) is 10.9 Å². The molecule has 0 radical (unpaired) electrons. The quantitative estimate of drug-likeness (QED) is 0.125. The summed E-state index contributed by atoms with van der Waals surface area (Å²) in [7, 11) is 4.32. The normalized spacial score (nSPS) is 15.0. The number of allylic oxidation sites excluding steroid dienone is 2. The maximum atomic E-state index is 12.0. The number of unbranched alkanes of at least 4 members (excludes halogenated alkanes) is 1. The minimum Gasteiger partial charge on any atom is -0.375 e. The SMILES string of the molecule is C=CC(=O)/N=C1\N=C2C=CC(CCCCN(C)c3ccc(-c4sc5cc(C)ccc5[n+]4C)cc3)=CN2Cc2ccccc21. The average Bonchev–Trinajstić information content (AvgIpc) is 3.26. The molecule has 1 aromatic heterocycles. The van der Waals surface area contributed by atoms with E-state index in [9.17, 15) is 4.79 Å². The number of aryl methyl sites for hydroxylation is 2. The van der Waals surface area contributed by atoms with Gasteiger partial charge in [-0.15, -0.1) is 0 Å². The molecule has 6 nitrogen and oxygen atoms in total. The van der Waals surface area contributed by atoms with E-state index in [2.05, 4.69) is 108 Å². The number of anilines is 1. The van der Waals surface area contributed by atoms with Crippen LogP contribution in [-0.4, -0.2) is 36.1 Å². The summed E-state index contributed by atoms with van der Waals surface area (Å²) in [6.45, 7) is 7.37. The fourth-order valence-electron chi connectivity index (χ4n) is 5.61. The first-order valence-corrected chi connectivity index (χ1v) is 15.5. The molecule has 6 rings (SSSR count). The number of amidine groups is 2. The number of hydrogen-bond donors (Lipinski definition) is 0. The number of nitrogens with zero attached hydrogens (tertiary/aromatic N) is 5. The zero-order valence-corrected chi connectivity index (χ0v) is 25.8. The van der Waals surface area contributed by atoms with Gasteiger partial charge in [0.1, 0.15) is 17.6 Å². The molecular weight excluding hydrogens is 550 g/mol. The molecule has 3 aromatic carbocycles. The van der Waals surface area contributed by atoms with Gasteiger partial charge in [-0.1, -0.05) is 54.3 Å². The molecule has 2 aliphatic heterocycles. The summed E-state index contributed by atoms with van der Waals surface area (Å²) < 4.78 is 3.62. The molecule has 1 amide bonds. The molecule has 0 saturated heterocycles. The predicted octanol–water partition coefficient (Wildman–Crippen LogP) is 7.13. The maximum absolute atomic E-state index is 12.0. The van der Waals surface area contributed by atoms with Crippen molar-refractivity contribution in [1.29, 1.82) is 0 Å². The van der Waals surface area contributed by atoms with Gasteiger partial charge in [0.2, 0.25) is 5.52 Å². The number of aliphatic imine (C=N–C) groups is 2. The molecule has 43 heavy (non-hydrogen) atoms. The molecule has 0 bridgehead atoms. The number of rotatable bonds is 8. The summed E-state index contributed by atoms with van der Waals surface area (Å²) >= 11 is 1.85. The van der Waals surface area contributed by atoms with Crippen LogP contribution in [-0.2, 0) is 18.4 Å². The van der Waals surface area contributed by atoms with E-state index in [4.69, 9.17) is 4.99 Å². The Labute approximate surface area is 257 Å². The van der Waals surface area contributed by atoms with Crippen LogP contribution in [0, 0.1) is 6.92 Å². The molecule has 0 N–H and O–H groups in total. The fourth-order valence-corrected chi connectivity index (χ4v) is 6.86. The molecule has 0 unspecified atom stereocenters. The number of fused-ring (bicyclic) bond motifs is 3. The van der Waals surface area contributed by atoms with Crippen molar-refractivity contribution < 1.29 is 9.36 Å². The van der Waals surface area contributed by atoms with Crippen LogP contribution in [0.2, 0.25) is 0 Å². The summed E-state index contributed by atoms with van der Waals surface area (Å²) in [6.07, 6.45) is 10.7. The molecule has 3 heterocycles. The van der Waals surface area contributed by atoms with E-state index in [0.29, 0.717) is 12.4 Å². The van der Waals surface area contributed by atoms with Crippen LogP contribution in [0.25, 0.3) is 20.8 Å². The Morgan fingerprint density at radius 1 is 1.12 bits per heavy atom. The van der Waals surface area contributed by atoms with E-state index in [-0.39, 0.29) is 5.91 Å². The third kappa shape index (κ3) is 6.13. The largest absolute Gasteiger partial charge is 0.375 e. The van der Waals surface area contributed by atoms with Crippen LogP contribution in [0.5, 0.6) is 0 Å². The monoisotopic (exact) mass is 586 g/mol. The molecule has 0 fully saturated rings. The van der Waals surface area contributed by atoms with Crippen molar-refractivity contribution >= 4 is 44.8 Å². The Balaban J connectivity index is 1.06. The Morgan fingerprint density at radius 3 is 2.74 bits per heavy atom. The zero-order chi connectivity index (χ0) is 29.9. The van der Waals surface area contributed by atoms with Gasteiger partial charge in [-0.05, 0) is 85.4 Å². The first kappa shape index (κ1) is 28.5. The molecule has 2 aliphatic rings. The van der Waals surface area contributed by atoms with Crippen LogP contribution < -0.4 is 9.47 Å². The number of benzene rings is 3. The lowest BCUT2D eigenvalue weighted by atomic mass is 10.0. The molecule has 0 atom stereocenters. The Hall–Kier alpha value is -4.62.